The number of carboxylic acid groups (broad SMARTS) is 1. The van der Waals surface area contributed by atoms with Crippen LogP contribution in [0.2, 0.25) is 0 Å². The molecule has 0 amide bonds. The fourth-order valence-electron chi connectivity index (χ4n) is 1.42. The Balaban J connectivity index is 2.39. The number of likely N-dealkylation sites (N-methyl/N-ethyl adjacent to an activating group) is 1. The highest BCUT2D eigenvalue weighted by Gasteiger charge is 2.04. The van der Waals surface area contributed by atoms with Crippen LogP contribution < -0.4 is 4.74 Å². The highest BCUT2D eigenvalue weighted by Crippen LogP contribution is 2.11. The monoisotopic (exact) mass is 223 g/mol. The SMILES string of the molecule is COc1ccc(CCN(C)CC(=O)O)cc1. The van der Waals surface area contributed by atoms with Gasteiger partial charge in [-0.05, 0) is 31.2 Å². The van der Waals surface area contributed by atoms with Crippen LogP contribution in [0, 0.1) is 0 Å². The molecule has 0 aliphatic rings. The van der Waals surface area contributed by atoms with Crippen LogP contribution in [0.25, 0.3) is 0 Å². The molecule has 0 fully saturated rings. The molecule has 4 heteroatoms. The van der Waals surface area contributed by atoms with Crippen LogP contribution in [-0.4, -0.2) is 43.2 Å². The number of benzene rings is 1. The molecule has 4 nitrogen and oxygen atoms in total. The maximum absolute atomic E-state index is 10.4. The summed E-state index contributed by atoms with van der Waals surface area (Å²) in [5, 5.41) is 8.59. The zero-order valence-electron chi connectivity index (χ0n) is 9.64. The summed E-state index contributed by atoms with van der Waals surface area (Å²) in [6.07, 6.45) is 0.841. The van der Waals surface area contributed by atoms with Gasteiger partial charge in [0.2, 0.25) is 0 Å². The fraction of sp³-hybridized carbons (Fsp3) is 0.417. The minimum atomic E-state index is -0.794. The summed E-state index contributed by atoms with van der Waals surface area (Å²) in [5.74, 6) is 0.0415. The van der Waals surface area contributed by atoms with Crippen molar-refractivity contribution >= 4 is 5.97 Å². The fourth-order valence-corrected chi connectivity index (χ4v) is 1.42. The highest BCUT2D eigenvalue weighted by molar-refractivity contribution is 5.68. The van der Waals surface area contributed by atoms with Gasteiger partial charge in [0.15, 0.2) is 0 Å². The molecule has 0 spiro atoms. The largest absolute Gasteiger partial charge is 0.497 e. The van der Waals surface area contributed by atoms with Gasteiger partial charge in [0, 0.05) is 6.54 Å². The Morgan fingerprint density at radius 1 is 1.38 bits per heavy atom. The Morgan fingerprint density at radius 3 is 2.50 bits per heavy atom. The molecule has 0 atom stereocenters. The van der Waals surface area contributed by atoms with E-state index in [0.29, 0.717) is 0 Å². The second kappa shape index (κ2) is 6.12. The van der Waals surface area contributed by atoms with Crippen molar-refractivity contribution in [2.45, 2.75) is 6.42 Å². The topological polar surface area (TPSA) is 49.8 Å². The molecule has 1 aromatic rings. The minimum Gasteiger partial charge on any atom is -0.497 e. The summed E-state index contributed by atoms with van der Waals surface area (Å²) in [4.78, 5) is 12.2. The van der Waals surface area contributed by atoms with Crippen LogP contribution in [0.15, 0.2) is 24.3 Å². The first-order valence-corrected chi connectivity index (χ1v) is 5.15. The first kappa shape index (κ1) is 12.5. The zero-order chi connectivity index (χ0) is 12.0. The van der Waals surface area contributed by atoms with Gasteiger partial charge >= 0.3 is 5.97 Å². The normalized spacial score (nSPS) is 10.4. The van der Waals surface area contributed by atoms with Gasteiger partial charge in [0.05, 0.1) is 13.7 Å². The predicted molar refractivity (Wildman–Crippen MR) is 61.8 cm³/mol. The van der Waals surface area contributed by atoms with E-state index >= 15 is 0 Å². The van der Waals surface area contributed by atoms with E-state index in [1.54, 1.807) is 19.1 Å². The lowest BCUT2D eigenvalue weighted by atomic mass is 10.1. The number of aliphatic carboxylic acids is 1. The van der Waals surface area contributed by atoms with Crippen LogP contribution >= 0.6 is 0 Å². The third-order valence-electron chi connectivity index (χ3n) is 2.35. The molecule has 0 radical (unpaired) electrons. The summed E-state index contributed by atoms with van der Waals surface area (Å²) in [7, 11) is 3.44. The Hall–Kier alpha value is -1.55. The quantitative estimate of drug-likeness (QED) is 0.788. The lowest BCUT2D eigenvalue weighted by molar-refractivity contribution is -0.137. The molecule has 0 aromatic heterocycles. The average molecular weight is 223 g/mol. The van der Waals surface area contributed by atoms with E-state index in [1.807, 2.05) is 24.3 Å². The van der Waals surface area contributed by atoms with Crippen LogP contribution in [-0.2, 0) is 11.2 Å². The molecule has 88 valence electrons. The van der Waals surface area contributed by atoms with Crippen molar-refractivity contribution in [1.82, 2.24) is 4.90 Å². The van der Waals surface area contributed by atoms with Crippen molar-refractivity contribution in [2.24, 2.45) is 0 Å². The van der Waals surface area contributed by atoms with Gasteiger partial charge in [-0.15, -0.1) is 0 Å². The van der Waals surface area contributed by atoms with Crippen molar-refractivity contribution in [3.8, 4) is 5.75 Å². The van der Waals surface area contributed by atoms with Crippen LogP contribution in [0.1, 0.15) is 5.56 Å². The molecule has 0 aliphatic carbocycles. The van der Waals surface area contributed by atoms with Gasteiger partial charge in [-0.1, -0.05) is 12.1 Å². The molecule has 0 saturated heterocycles. The first-order valence-electron chi connectivity index (χ1n) is 5.15. The van der Waals surface area contributed by atoms with E-state index in [0.717, 1.165) is 18.7 Å². The molecule has 16 heavy (non-hydrogen) atoms. The number of nitrogens with zero attached hydrogens (tertiary/aromatic N) is 1. The Kier molecular flexibility index (Phi) is 4.79. The number of hydrogen-bond donors (Lipinski definition) is 1. The van der Waals surface area contributed by atoms with Gasteiger partial charge in [-0.25, -0.2) is 0 Å². The lowest BCUT2D eigenvalue weighted by Crippen LogP contribution is -2.27. The number of methoxy groups -OCH3 is 1. The molecule has 0 heterocycles. The van der Waals surface area contributed by atoms with E-state index < -0.39 is 5.97 Å². The second-order valence-corrected chi connectivity index (χ2v) is 3.73. The summed E-state index contributed by atoms with van der Waals surface area (Å²) in [6, 6.07) is 7.81. The van der Waals surface area contributed by atoms with E-state index in [1.165, 1.54) is 5.56 Å². The number of carbonyl (C=O) groups is 1. The molecule has 1 rings (SSSR count). The van der Waals surface area contributed by atoms with Crippen LogP contribution in [0.4, 0.5) is 0 Å². The molecule has 0 saturated carbocycles. The summed E-state index contributed by atoms with van der Waals surface area (Å²) in [5.41, 5.74) is 1.18. The standard InChI is InChI=1S/C12H17NO3/c1-13(9-12(14)15)8-7-10-3-5-11(16-2)6-4-10/h3-6H,7-9H2,1-2H3,(H,14,15). The van der Waals surface area contributed by atoms with Gasteiger partial charge < -0.3 is 9.84 Å². The van der Waals surface area contributed by atoms with Crippen LogP contribution in [0.5, 0.6) is 5.75 Å². The van der Waals surface area contributed by atoms with Crippen LogP contribution in [0.3, 0.4) is 0 Å². The first-order chi connectivity index (χ1) is 7.61. The van der Waals surface area contributed by atoms with E-state index in [2.05, 4.69) is 0 Å². The van der Waals surface area contributed by atoms with Gasteiger partial charge in [-0.2, -0.15) is 0 Å². The molecule has 1 aromatic carbocycles. The zero-order valence-corrected chi connectivity index (χ0v) is 9.64. The lowest BCUT2D eigenvalue weighted by Gasteiger charge is -2.13. The van der Waals surface area contributed by atoms with E-state index in [9.17, 15) is 4.79 Å². The molecular formula is C12H17NO3. The maximum Gasteiger partial charge on any atom is 0.317 e. The van der Waals surface area contributed by atoms with E-state index in [-0.39, 0.29) is 6.54 Å². The maximum atomic E-state index is 10.4. The minimum absolute atomic E-state index is 0.0795. The molecule has 0 aliphatic heterocycles. The van der Waals surface area contributed by atoms with Crippen molar-refractivity contribution in [3.63, 3.8) is 0 Å². The molecule has 0 unspecified atom stereocenters. The van der Waals surface area contributed by atoms with Crippen molar-refractivity contribution < 1.29 is 14.6 Å². The van der Waals surface area contributed by atoms with Gasteiger partial charge in [-0.3, -0.25) is 9.69 Å². The van der Waals surface area contributed by atoms with E-state index in [4.69, 9.17) is 9.84 Å². The van der Waals surface area contributed by atoms with Crippen molar-refractivity contribution in [3.05, 3.63) is 29.8 Å². The summed E-state index contributed by atoms with van der Waals surface area (Å²) >= 11 is 0. The van der Waals surface area contributed by atoms with Gasteiger partial charge in [0.25, 0.3) is 0 Å². The average Bonchev–Trinajstić information content (AvgIpc) is 2.26. The predicted octanol–water partition coefficient (Wildman–Crippen LogP) is 1.25. The smallest absolute Gasteiger partial charge is 0.317 e. The number of carboxylic acids is 1. The number of hydrogen-bond acceptors (Lipinski definition) is 3. The third-order valence-corrected chi connectivity index (χ3v) is 2.35. The molecule has 0 bridgehead atoms. The van der Waals surface area contributed by atoms with Crippen molar-refractivity contribution in [2.75, 3.05) is 27.2 Å². The molecular weight excluding hydrogens is 206 g/mol. The van der Waals surface area contributed by atoms with Crippen molar-refractivity contribution in [1.29, 1.82) is 0 Å². The number of ether oxygens (including phenoxy) is 1. The third kappa shape index (κ3) is 4.31. The highest BCUT2D eigenvalue weighted by atomic mass is 16.5. The Labute approximate surface area is 95.5 Å². The van der Waals surface area contributed by atoms with Gasteiger partial charge in [0.1, 0.15) is 5.75 Å². The molecule has 1 N–H and O–H groups in total. The number of rotatable bonds is 6. The second-order valence-electron chi connectivity index (χ2n) is 3.73. The Bertz CT molecular complexity index is 335. The Morgan fingerprint density at radius 2 is 2.00 bits per heavy atom. The summed E-state index contributed by atoms with van der Waals surface area (Å²) < 4.78 is 5.06. The summed E-state index contributed by atoms with van der Waals surface area (Å²) in [6.45, 7) is 0.814.